The molecular formula is C21H25FN2O2. The largest absolute Gasteiger partial charge is 0.396 e. The molecule has 1 saturated carbocycles. The molecule has 4 rings (SSSR count). The molecule has 0 radical (unpaired) electrons. The number of hydrogen-bond donors (Lipinski definition) is 1. The van der Waals surface area contributed by atoms with Gasteiger partial charge in [-0.05, 0) is 49.0 Å². The number of halogens is 1. The van der Waals surface area contributed by atoms with Crippen LogP contribution in [0.5, 0.6) is 0 Å². The lowest BCUT2D eigenvalue weighted by atomic mass is 9.65. The molecule has 1 aromatic rings. The molecule has 26 heavy (non-hydrogen) atoms. The first-order valence-corrected chi connectivity index (χ1v) is 9.28. The number of nitrogens with two attached hydrogens (primary N) is 1. The third-order valence-electron chi connectivity index (χ3n) is 6.24. The van der Waals surface area contributed by atoms with Crippen LogP contribution in [0, 0.1) is 22.6 Å². The number of benzene rings is 1. The molecule has 2 N–H and O–H groups in total. The Morgan fingerprint density at radius 3 is 2.62 bits per heavy atom. The van der Waals surface area contributed by atoms with Crippen LogP contribution in [0.15, 0.2) is 36.0 Å². The van der Waals surface area contributed by atoms with Gasteiger partial charge in [-0.15, -0.1) is 0 Å². The minimum Gasteiger partial charge on any atom is -0.396 e. The Bertz CT molecular complexity index is 799. The molecule has 0 bridgehead atoms. The summed E-state index contributed by atoms with van der Waals surface area (Å²) in [6.45, 7) is 5.22. The maximum absolute atomic E-state index is 13.1. The van der Waals surface area contributed by atoms with Gasteiger partial charge in [0.25, 0.3) is 0 Å². The number of amides is 1. The molecule has 5 heteroatoms. The standard InChI is InChI=1S/C21H25FN2O2/c1-20(2)11-21(10-17(23)18(20)25)7-8-24(12-21)19(26)16-9-15(16)13-3-5-14(22)6-4-13/h3-6,10,15-16H,7-9,11-12,23H2,1-2H3/t15?,16?,21-/m1/s1. The number of allylic oxidation sites excluding steroid dienone is 1. The molecule has 1 amide bonds. The van der Waals surface area contributed by atoms with E-state index >= 15 is 0 Å². The van der Waals surface area contributed by atoms with Gasteiger partial charge in [0.2, 0.25) is 5.91 Å². The lowest BCUT2D eigenvalue weighted by molar-refractivity contribution is -0.132. The molecule has 3 atom stereocenters. The maximum Gasteiger partial charge on any atom is 0.226 e. The van der Waals surface area contributed by atoms with Gasteiger partial charge in [0.05, 0.1) is 5.70 Å². The van der Waals surface area contributed by atoms with E-state index in [1.165, 1.54) is 12.1 Å². The zero-order valence-corrected chi connectivity index (χ0v) is 15.3. The van der Waals surface area contributed by atoms with Gasteiger partial charge >= 0.3 is 0 Å². The van der Waals surface area contributed by atoms with Crippen LogP contribution in [0.2, 0.25) is 0 Å². The number of carbonyl (C=O) groups is 2. The zero-order valence-electron chi connectivity index (χ0n) is 15.3. The van der Waals surface area contributed by atoms with E-state index in [1.807, 2.05) is 24.8 Å². The minimum absolute atomic E-state index is 0.00447. The van der Waals surface area contributed by atoms with Crippen LogP contribution < -0.4 is 5.73 Å². The predicted octanol–water partition coefficient (Wildman–Crippen LogP) is 2.99. The van der Waals surface area contributed by atoms with Gasteiger partial charge in [-0.25, -0.2) is 4.39 Å². The topological polar surface area (TPSA) is 63.4 Å². The summed E-state index contributed by atoms with van der Waals surface area (Å²) in [6, 6.07) is 6.46. The monoisotopic (exact) mass is 356 g/mol. The quantitative estimate of drug-likeness (QED) is 0.886. The number of hydrogen-bond acceptors (Lipinski definition) is 3. The van der Waals surface area contributed by atoms with Gasteiger partial charge in [0.1, 0.15) is 5.82 Å². The van der Waals surface area contributed by atoms with E-state index in [2.05, 4.69) is 0 Å². The predicted molar refractivity (Wildman–Crippen MR) is 96.6 cm³/mol. The summed E-state index contributed by atoms with van der Waals surface area (Å²) in [6.07, 6.45) is 4.31. The Hall–Kier alpha value is -2.17. The van der Waals surface area contributed by atoms with Crippen molar-refractivity contribution in [2.24, 2.45) is 22.5 Å². The Labute approximate surface area is 153 Å². The van der Waals surface area contributed by atoms with Gasteiger partial charge < -0.3 is 10.6 Å². The Morgan fingerprint density at radius 2 is 1.96 bits per heavy atom. The summed E-state index contributed by atoms with van der Waals surface area (Å²) in [5.74, 6) is 0.127. The summed E-state index contributed by atoms with van der Waals surface area (Å²) in [4.78, 5) is 27.1. The highest BCUT2D eigenvalue weighted by atomic mass is 19.1. The lowest BCUT2D eigenvalue weighted by Gasteiger charge is -2.39. The minimum atomic E-state index is -0.478. The van der Waals surface area contributed by atoms with E-state index in [0.29, 0.717) is 18.8 Å². The van der Waals surface area contributed by atoms with Crippen molar-refractivity contribution < 1.29 is 14.0 Å². The molecule has 1 aliphatic heterocycles. The summed E-state index contributed by atoms with van der Waals surface area (Å²) in [7, 11) is 0. The van der Waals surface area contributed by atoms with Crippen molar-refractivity contribution in [3.63, 3.8) is 0 Å². The van der Waals surface area contributed by atoms with Crippen molar-refractivity contribution in [1.82, 2.24) is 4.90 Å². The molecule has 4 nitrogen and oxygen atoms in total. The van der Waals surface area contributed by atoms with E-state index in [0.717, 1.165) is 24.8 Å². The molecule has 2 fully saturated rings. The van der Waals surface area contributed by atoms with E-state index < -0.39 is 5.41 Å². The van der Waals surface area contributed by atoms with Crippen LogP contribution in [-0.2, 0) is 9.59 Å². The average Bonchev–Trinajstić information content (AvgIpc) is 3.28. The van der Waals surface area contributed by atoms with E-state index in [1.54, 1.807) is 12.1 Å². The molecular weight excluding hydrogens is 331 g/mol. The van der Waals surface area contributed by atoms with E-state index in [4.69, 9.17) is 5.73 Å². The Balaban J connectivity index is 1.46. The normalized spacial score (nSPS) is 32.7. The van der Waals surface area contributed by atoms with Gasteiger partial charge in [0.15, 0.2) is 5.78 Å². The van der Waals surface area contributed by atoms with Crippen LogP contribution in [-0.4, -0.2) is 29.7 Å². The van der Waals surface area contributed by atoms with E-state index in [9.17, 15) is 14.0 Å². The summed E-state index contributed by atoms with van der Waals surface area (Å²) in [5, 5.41) is 0. The second kappa shape index (κ2) is 5.66. The van der Waals surface area contributed by atoms with Crippen molar-refractivity contribution >= 4 is 11.7 Å². The highest BCUT2D eigenvalue weighted by Crippen LogP contribution is 2.51. The van der Waals surface area contributed by atoms with Crippen LogP contribution in [0.4, 0.5) is 4.39 Å². The third-order valence-corrected chi connectivity index (χ3v) is 6.24. The average molecular weight is 356 g/mol. The first kappa shape index (κ1) is 17.3. The molecule has 138 valence electrons. The highest BCUT2D eigenvalue weighted by molar-refractivity contribution is 5.99. The molecule has 2 aliphatic carbocycles. The first-order chi connectivity index (χ1) is 12.2. The Morgan fingerprint density at radius 1 is 1.27 bits per heavy atom. The molecule has 1 heterocycles. The number of likely N-dealkylation sites (tertiary alicyclic amines) is 1. The first-order valence-electron chi connectivity index (χ1n) is 9.28. The smallest absolute Gasteiger partial charge is 0.226 e. The molecule has 3 aliphatic rings. The van der Waals surface area contributed by atoms with Crippen molar-refractivity contribution in [3.05, 3.63) is 47.4 Å². The van der Waals surface area contributed by atoms with Crippen molar-refractivity contribution in [2.45, 2.75) is 39.0 Å². The number of rotatable bonds is 2. The fourth-order valence-corrected chi connectivity index (χ4v) is 4.92. The maximum atomic E-state index is 13.1. The fraction of sp³-hybridized carbons (Fsp3) is 0.524. The van der Waals surface area contributed by atoms with Crippen molar-refractivity contribution in [3.8, 4) is 0 Å². The molecule has 1 aromatic carbocycles. The van der Waals surface area contributed by atoms with E-state index in [-0.39, 0.29) is 34.8 Å². The lowest BCUT2D eigenvalue weighted by Crippen LogP contribution is -2.42. The van der Waals surface area contributed by atoms with Gasteiger partial charge in [-0.1, -0.05) is 26.0 Å². The van der Waals surface area contributed by atoms with Gasteiger partial charge in [0, 0.05) is 29.8 Å². The molecule has 1 spiro atoms. The fourth-order valence-electron chi connectivity index (χ4n) is 4.92. The molecule has 2 unspecified atom stereocenters. The number of nitrogens with zero attached hydrogens (tertiary/aromatic N) is 1. The highest BCUT2D eigenvalue weighted by Gasteiger charge is 2.51. The zero-order chi connectivity index (χ0) is 18.7. The second-order valence-corrected chi connectivity index (χ2v) is 8.86. The van der Waals surface area contributed by atoms with Crippen LogP contribution >= 0.6 is 0 Å². The number of ketones is 1. The van der Waals surface area contributed by atoms with Crippen molar-refractivity contribution in [1.29, 1.82) is 0 Å². The molecule has 0 aromatic heterocycles. The van der Waals surface area contributed by atoms with Crippen molar-refractivity contribution in [2.75, 3.05) is 13.1 Å². The van der Waals surface area contributed by atoms with Crippen LogP contribution in [0.1, 0.15) is 44.6 Å². The van der Waals surface area contributed by atoms with Gasteiger partial charge in [-0.2, -0.15) is 0 Å². The summed E-state index contributed by atoms with van der Waals surface area (Å²) in [5.41, 5.74) is 6.70. The SMILES string of the molecule is CC1(C)C[C@]2(C=C(N)C1=O)CCN(C(=O)C1CC1c1ccc(F)cc1)C2. The molecule has 1 saturated heterocycles. The van der Waals surface area contributed by atoms with Crippen LogP contribution in [0.3, 0.4) is 0 Å². The second-order valence-electron chi connectivity index (χ2n) is 8.86. The number of carbonyl (C=O) groups excluding carboxylic acids is 2. The summed E-state index contributed by atoms with van der Waals surface area (Å²) < 4.78 is 13.1. The number of Topliss-reactive ketones (excluding diaryl/α,β-unsaturated/α-hetero) is 1. The van der Waals surface area contributed by atoms with Gasteiger partial charge in [-0.3, -0.25) is 9.59 Å². The summed E-state index contributed by atoms with van der Waals surface area (Å²) >= 11 is 0. The third kappa shape index (κ3) is 2.83. The Kier molecular flexibility index (Phi) is 3.76. The van der Waals surface area contributed by atoms with Crippen LogP contribution in [0.25, 0.3) is 0 Å².